The van der Waals surface area contributed by atoms with Crippen molar-refractivity contribution in [1.29, 1.82) is 0 Å². The van der Waals surface area contributed by atoms with Gasteiger partial charge in [-0.1, -0.05) is 6.58 Å². The lowest BCUT2D eigenvalue weighted by atomic mass is 10.2. The molecule has 66 valence electrons. The standard InChI is InChI=1S/C9H12FNS/c1-7(11-2)3-9-4-8(5-10)6-12-9/h4,6,11H,1,3,5H2,2H3. The Morgan fingerprint density at radius 1 is 1.75 bits per heavy atom. The van der Waals surface area contributed by atoms with Crippen LogP contribution < -0.4 is 5.32 Å². The second kappa shape index (κ2) is 4.26. The molecule has 0 saturated carbocycles. The SMILES string of the molecule is C=C(Cc1cc(CF)cs1)NC. The van der Waals surface area contributed by atoms with Crippen LogP contribution in [0.1, 0.15) is 10.4 Å². The second-order valence-electron chi connectivity index (χ2n) is 2.59. The van der Waals surface area contributed by atoms with E-state index in [0.717, 1.165) is 22.6 Å². The van der Waals surface area contributed by atoms with Crippen LogP contribution in [-0.2, 0) is 13.1 Å². The van der Waals surface area contributed by atoms with Gasteiger partial charge in [0.25, 0.3) is 0 Å². The highest BCUT2D eigenvalue weighted by atomic mass is 32.1. The van der Waals surface area contributed by atoms with Crippen LogP contribution in [0.2, 0.25) is 0 Å². The second-order valence-corrected chi connectivity index (χ2v) is 3.58. The monoisotopic (exact) mass is 185 g/mol. The van der Waals surface area contributed by atoms with E-state index in [2.05, 4.69) is 11.9 Å². The molecule has 0 spiro atoms. The van der Waals surface area contributed by atoms with Gasteiger partial charge in [0.2, 0.25) is 0 Å². The lowest BCUT2D eigenvalue weighted by Gasteiger charge is -2.00. The summed E-state index contributed by atoms with van der Waals surface area (Å²) in [6.45, 7) is 3.43. The van der Waals surface area contributed by atoms with Gasteiger partial charge in [0.05, 0.1) is 0 Å². The van der Waals surface area contributed by atoms with Crippen LogP contribution >= 0.6 is 11.3 Å². The van der Waals surface area contributed by atoms with Crippen molar-refractivity contribution in [3.8, 4) is 0 Å². The number of hydrogen-bond donors (Lipinski definition) is 1. The van der Waals surface area contributed by atoms with Gasteiger partial charge in [0.15, 0.2) is 0 Å². The predicted molar refractivity (Wildman–Crippen MR) is 51.0 cm³/mol. The molecule has 0 radical (unpaired) electrons. The van der Waals surface area contributed by atoms with E-state index in [-0.39, 0.29) is 6.67 Å². The van der Waals surface area contributed by atoms with Crippen LogP contribution in [0.15, 0.2) is 23.7 Å². The highest BCUT2D eigenvalue weighted by molar-refractivity contribution is 7.10. The van der Waals surface area contributed by atoms with E-state index in [0.29, 0.717) is 0 Å². The molecular formula is C9H12FNS. The van der Waals surface area contributed by atoms with Gasteiger partial charge in [-0.3, -0.25) is 0 Å². The van der Waals surface area contributed by atoms with Crippen molar-refractivity contribution < 1.29 is 4.39 Å². The first kappa shape index (κ1) is 9.26. The molecule has 0 atom stereocenters. The van der Waals surface area contributed by atoms with Crippen LogP contribution in [0, 0.1) is 0 Å². The summed E-state index contributed by atoms with van der Waals surface area (Å²) in [5.74, 6) is 0. The van der Waals surface area contributed by atoms with E-state index in [1.54, 1.807) is 11.3 Å². The first-order valence-electron chi connectivity index (χ1n) is 3.74. The Morgan fingerprint density at radius 3 is 3.00 bits per heavy atom. The summed E-state index contributed by atoms with van der Waals surface area (Å²) < 4.78 is 12.1. The molecule has 0 aliphatic rings. The molecule has 0 aromatic carbocycles. The molecule has 0 aliphatic carbocycles. The smallest absolute Gasteiger partial charge is 0.115 e. The normalized spacial score (nSPS) is 9.83. The fourth-order valence-corrected chi connectivity index (χ4v) is 1.80. The lowest BCUT2D eigenvalue weighted by molar-refractivity contribution is 0.486. The van der Waals surface area contributed by atoms with E-state index in [1.807, 2.05) is 18.5 Å². The molecule has 1 nitrogen and oxygen atoms in total. The minimum Gasteiger partial charge on any atom is -0.392 e. The van der Waals surface area contributed by atoms with Gasteiger partial charge in [0.1, 0.15) is 6.67 Å². The third-order valence-corrected chi connectivity index (χ3v) is 2.59. The highest BCUT2D eigenvalue weighted by Crippen LogP contribution is 2.17. The van der Waals surface area contributed by atoms with Crippen LogP contribution in [0.5, 0.6) is 0 Å². The highest BCUT2D eigenvalue weighted by Gasteiger charge is 2.00. The van der Waals surface area contributed by atoms with Gasteiger partial charge in [-0.05, 0) is 17.0 Å². The fourth-order valence-electron chi connectivity index (χ4n) is 0.888. The van der Waals surface area contributed by atoms with Crippen molar-refractivity contribution in [1.82, 2.24) is 5.32 Å². The molecule has 0 bridgehead atoms. The predicted octanol–water partition coefficient (Wildman–Crippen LogP) is 2.49. The van der Waals surface area contributed by atoms with Crippen molar-refractivity contribution >= 4 is 11.3 Å². The third-order valence-electron chi connectivity index (χ3n) is 1.60. The molecule has 0 fully saturated rings. The number of hydrogen-bond acceptors (Lipinski definition) is 2. The Bertz CT molecular complexity index is 267. The molecule has 1 rings (SSSR count). The summed E-state index contributed by atoms with van der Waals surface area (Å²) in [6.07, 6.45) is 0.793. The van der Waals surface area contributed by atoms with Gasteiger partial charge < -0.3 is 5.32 Å². The van der Waals surface area contributed by atoms with Crippen LogP contribution in [0.4, 0.5) is 4.39 Å². The maximum absolute atomic E-state index is 12.1. The van der Waals surface area contributed by atoms with E-state index >= 15 is 0 Å². The Labute approximate surface area is 75.9 Å². The summed E-state index contributed by atoms with van der Waals surface area (Å²) in [6, 6.07) is 1.88. The first-order chi connectivity index (χ1) is 5.76. The number of thiophene rings is 1. The summed E-state index contributed by atoms with van der Waals surface area (Å²) in [4.78, 5) is 1.15. The number of rotatable bonds is 4. The Hall–Kier alpha value is -0.830. The number of nitrogens with one attached hydrogen (secondary N) is 1. The Morgan fingerprint density at radius 2 is 2.50 bits per heavy atom. The summed E-state index contributed by atoms with van der Waals surface area (Å²) in [5.41, 5.74) is 1.72. The average molecular weight is 185 g/mol. The molecular weight excluding hydrogens is 173 g/mol. The molecule has 0 unspecified atom stereocenters. The van der Waals surface area contributed by atoms with Crippen molar-refractivity contribution in [2.75, 3.05) is 7.05 Å². The number of alkyl halides is 1. The Kier molecular flexibility index (Phi) is 3.29. The Balaban J connectivity index is 2.58. The molecule has 1 heterocycles. The number of halogens is 1. The number of likely N-dealkylation sites (N-methyl/N-ethyl adjacent to an activating group) is 1. The quantitative estimate of drug-likeness (QED) is 0.760. The van der Waals surface area contributed by atoms with Crippen LogP contribution in [0.3, 0.4) is 0 Å². The minimum absolute atomic E-state index is 0.372. The molecule has 1 aromatic rings. The van der Waals surface area contributed by atoms with E-state index < -0.39 is 0 Å². The lowest BCUT2D eigenvalue weighted by Crippen LogP contribution is -2.05. The zero-order chi connectivity index (χ0) is 8.97. The minimum atomic E-state index is -0.372. The van der Waals surface area contributed by atoms with Crippen molar-refractivity contribution in [2.24, 2.45) is 0 Å². The van der Waals surface area contributed by atoms with Crippen LogP contribution in [0.25, 0.3) is 0 Å². The van der Waals surface area contributed by atoms with Gasteiger partial charge >= 0.3 is 0 Å². The maximum Gasteiger partial charge on any atom is 0.115 e. The molecule has 3 heteroatoms. The van der Waals surface area contributed by atoms with Gasteiger partial charge in [-0.2, -0.15) is 0 Å². The molecule has 1 aromatic heterocycles. The van der Waals surface area contributed by atoms with E-state index in [1.165, 1.54) is 0 Å². The average Bonchev–Trinajstić information content (AvgIpc) is 2.52. The largest absolute Gasteiger partial charge is 0.392 e. The topological polar surface area (TPSA) is 12.0 Å². The van der Waals surface area contributed by atoms with Crippen molar-refractivity contribution in [3.05, 3.63) is 34.2 Å². The fraction of sp³-hybridized carbons (Fsp3) is 0.333. The van der Waals surface area contributed by atoms with Gasteiger partial charge in [-0.15, -0.1) is 11.3 Å². The molecule has 0 amide bonds. The van der Waals surface area contributed by atoms with Gasteiger partial charge in [-0.25, -0.2) is 4.39 Å². The third kappa shape index (κ3) is 2.34. The zero-order valence-electron chi connectivity index (χ0n) is 7.06. The summed E-state index contributed by atoms with van der Waals surface area (Å²) >= 11 is 1.58. The summed E-state index contributed by atoms with van der Waals surface area (Å²) in [7, 11) is 1.84. The zero-order valence-corrected chi connectivity index (χ0v) is 7.88. The summed E-state index contributed by atoms with van der Waals surface area (Å²) in [5, 5.41) is 4.80. The first-order valence-corrected chi connectivity index (χ1v) is 4.62. The number of allylic oxidation sites excluding steroid dienone is 1. The van der Waals surface area contributed by atoms with Gasteiger partial charge in [0, 0.05) is 24.0 Å². The van der Waals surface area contributed by atoms with Crippen molar-refractivity contribution in [2.45, 2.75) is 13.1 Å². The molecule has 0 aliphatic heterocycles. The van der Waals surface area contributed by atoms with Crippen molar-refractivity contribution in [3.63, 3.8) is 0 Å². The molecule has 0 saturated heterocycles. The van der Waals surface area contributed by atoms with Crippen LogP contribution in [-0.4, -0.2) is 7.05 Å². The molecule has 12 heavy (non-hydrogen) atoms. The van der Waals surface area contributed by atoms with E-state index in [9.17, 15) is 4.39 Å². The molecule has 1 N–H and O–H groups in total. The van der Waals surface area contributed by atoms with E-state index in [4.69, 9.17) is 0 Å². The maximum atomic E-state index is 12.1.